The van der Waals surface area contributed by atoms with E-state index in [0.717, 1.165) is 71.9 Å². The predicted molar refractivity (Wildman–Crippen MR) is 221 cm³/mol. The van der Waals surface area contributed by atoms with E-state index in [0.29, 0.717) is 17.5 Å². The molecule has 7 aromatic carbocycles. The van der Waals surface area contributed by atoms with Crippen molar-refractivity contribution in [3.8, 4) is 67.7 Å². The maximum absolute atomic E-state index is 5.29. The lowest BCUT2D eigenvalue weighted by atomic mass is 9.88. The van der Waals surface area contributed by atoms with Gasteiger partial charge in [-0.3, -0.25) is 4.98 Å². The standard InChI is InChI=1S/C49H31N5/c1-4-14-33(15-5-1)46-43-31-42(39-20-10-11-21-40(39)45(43)41-22-12-13-23-44(41)51-46)37-28-36(32-24-26-50-27-25-32)29-38(30-37)49-53-47(34-16-6-2-7-17-34)52-48(54-49)35-18-8-3-9-19-35/h1-31H. The minimum Gasteiger partial charge on any atom is -0.265 e. The van der Waals surface area contributed by atoms with E-state index < -0.39 is 0 Å². The summed E-state index contributed by atoms with van der Waals surface area (Å²) in [5.41, 5.74) is 10.00. The second kappa shape index (κ2) is 13.3. The molecule has 0 aliphatic rings. The van der Waals surface area contributed by atoms with Gasteiger partial charge in [0.15, 0.2) is 17.5 Å². The number of pyridine rings is 2. The maximum Gasteiger partial charge on any atom is 0.164 e. The predicted octanol–water partition coefficient (Wildman–Crippen LogP) is 12.1. The molecule has 3 heterocycles. The van der Waals surface area contributed by atoms with Crippen LogP contribution in [0, 0.1) is 0 Å². The molecule has 3 aromatic heterocycles. The fourth-order valence-corrected chi connectivity index (χ4v) is 7.43. The van der Waals surface area contributed by atoms with Crippen LogP contribution in [0.4, 0.5) is 0 Å². The Morgan fingerprint density at radius 1 is 0.296 bits per heavy atom. The Hall–Kier alpha value is -7.37. The van der Waals surface area contributed by atoms with Gasteiger partial charge in [-0.25, -0.2) is 19.9 Å². The van der Waals surface area contributed by atoms with Crippen LogP contribution in [0.25, 0.3) is 100 Å². The van der Waals surface area contributed by atoms with E-state index in [1.165, 1.54) is 10.8 Å². The zero-order valence-corrected chi connectivity index (χ0v) is 29.1. The molecule has 0 saturated carbocycles. The van der Waals surface area contributed by atoms with Crippen molar-refractivity contribution in [1.29, 1.82) is 0 Å². The molecule has 252 valence electrons. The highest BCUT2D eigenvalue weighted by molar-refractivity contribution is 6.25. The first-order valence-electron chi connectivity index (χ1n) is 18.0. The lowest BCUT2D eigenvalue weighted by Crippen LogP contribution is -2.00. The summed E-state index contributed by atoms with van der Waals surface area (Å²) < 4.78 is 0. The average Bonchev–Trinajstić information content (AvgIpc) is 3.26. The first-order valence-corrected chi connectivity index (χ1v) is 18.0. The average molecular weight is 690 g/mol. The van der Waals surface area contributed by atoms with Crippen LogP contribution in [0.2, 0.25) is 0 Å². The molecule has 10 aromatic rings. The number of para-hydroxylation sites is 1. The van der Waals surface area contributed by atoms with Crippen molar-refractivity contribution < 1.29 is 0 Å². The van der Waals surface area contributed by atoms with Gasteiger partial charge in [0.2, 0.25) is 0 Å². The van der Waals surface area contributed by atoms with Crippen LogP contribution in [0.5, 0.6) is 0 Å². The quantitative estimate of drug-likeness (QED) is 0.163. The molecule has 0 N–H and O–H groups in total. The molecule has 5 nitrogen and oxygen atoms in total. The summed E-state index contributed by atoms with van der Waals surface area (Å²) in [4.78, 5) is 24.8. The SMILES string of the molecule is c1ccc(-c2nc(-c3ccccc3)nc(-c3cc(-c4ccncc4)cc(-c4cc5c(-c6ccccc6)nc6ccccc6c5c5ccccc45)c3)n2)cc1. The third-order valence-corrected chi connectivity index (χ3v) is 9.97. The van der Waals surface area contributed by atoms with Gasteiger partial charge in [-0.05, 0) is 75.5 Å². The van der Waals surface area contributed by atoms with Gasteiger partial charge in [0, 0.05) is 50.8 Å². The Labute approximate surface area is 312 Å². The largest absolute Gasteiger partial charge is 0.265 e. The molecule has 0 radical (unpaired) electrons. The van der Waals surface area contributed by atoms with Gasteiger partial charge in [-0.1, -0.05) is 133 Å². The number of hydrogen-bond donors (Lipinski definition) is 0. The summed E-state index contributed by atoms with van der Waals surface area (Å²) in [7, 11) is 0. The van der Waals surface area contributed by atoms with Crippen molar-refractivity contribution >= 4 is 32.4 Å². The second-order valence-corrected chi connectivity index (χ2v) is 13.3. The number of fused-ring (bicyclic) bond motifs is 5. The molecule has 0 saturated heterocycles. The van der Waals surface area contributed by atoms with Gasteiger partial charge >= 0.3 is 0 Å². The van der Waals surface area contributed by atoms with E-state index in [9.17, 15) is 0 Å². The Bertz CT molecular complexity index is 2910. The first kappa shape index (κ1) is 31.4. The maximum atomic E-state index is 5.29. The molecule has 10 rings (SSSR count). The summed E-state index contributed by atoms with van der Waals surface area (Å²) in [6.45, 7) is 0. The zero-order chi connectivity index (χ0) is 35.8. The van der Waals surface area contributed by atoms with Gasteiger partial charge in [-0.15, -0.1) is 0 Å². The molecule has 0 atom stereocenters. The lowest BCUT2D eigenvalue weighted by Gasteiger charge is -2.17. The zero-order valence-electron chi connectivity index (χ0n) is 29.1. The normalized spacial score (nSPS) is 11.3. The fraction of sp³-hybridized carbons (Fsp3) is 0. The summed E-state index contributed by atoms with van der Waals surface area (Å²) in [5, 5.41) is 5.76. The van der Waals surface area contributed by atoms with E-state index in [2.05, 4.69) is 102 Å². The van der Waals surface area contributed by atoms with E-state index in [1.807, 2.05) is 91.3 Å². The minimum absolute atomic E-state index is 0.600. The van der Waals surface area contributed by atoms with Crippen LogP contribution in [0.1, 0.15) is 0 Å². The highest BCUT2D eigenvalue weighted by Gasteiger charge is 2.19. The number of nitrogens with zero attached hydrogens (tertiary/aromatic N) is 5. The van der Waals surface area contributed by atoms with Crippen molar-refractivity contribution in [2.45, 2.75) is 0 Å². The van der Waals surface area contributed by atoms with Crippen LogP contribution in [-0.2, 0) is 0 Å². The Morgan fingerprint density at radius 3 is 1.44 bits per heavy atom. The Balaban J connectivity index is 1.28. The Morgan fingerprint density at radius 2 is 0.796 bits per heavy atom. The topological polar surface area (TPSA) is 64.5 Å². The summed E-state index contributed by atoms with van der Waals surface area (Å²) >= 11 is 0. The van der Waals surface area contributed by atoms with Gasteiger partial charge in [0.05, 0.1) is 11.2 Å². The molecule has 0 fully saturated rings. The highest BCUT2D eigenvalue weighted by Crippen LogP contribution is 2.43. The summed E-state index contributed by atoms with van der Waals surface area (Å²) in [5.74, 6) is 1.84. The number of hydrogen-bond acceptors (Lipinski definition) is 5. The van der Waals surface area contributed by atoms with Gasteiger partial charge < -0.3 is 0 Å². The van der Waals surface area contributed by atoms with Gasteiger partial charge in [0.1, 0.15) is 0 Å². The third kappa shape index (κ3) is 5.65. The molecule has 0 amide bonds. The van der Waals surface area contributed by atoms with E-state index >= 15 is 0 Å². The van der Waals surface area contributed by atoms with Gasteiger partial charge in [0.25, 0.3) is 0 Å². The number of rotatable bonds is 6. The molecule has 0 spiro atoms. The Kier molecular flexibility index (Phi) is 7.73. The van der Waals surface area contributed by atoms with Gasteiger partial charge in [-0.2, -0.15) is 0 Å². The molecule has 0 aliphatic heterocycles. The van der Waals surface area contributed by atoms with Crippen LogP contribution in [-0.4, -0.2) is 24.9 Å². The van der Waals surface area contributed by atoms with Crippen molar-refractivity contribution in [2.75, 3.05) is 0 Å². The van der Waals surface area contributed by atoms with Crippen LogP contribution >= 0.6 is 0 Å². The second-order valence-electron chi connectivity index (χ2n) is 13.3. The monoisotopic (exact) mass is 689 g/mol. The number of aromatic nitrogens is 5. The van der Waals surface area contributed by atoms with Crippen molar-refractivity contribution in [3.63, 3.8) is 0 Å². The summed E-state index contributed by atoms with van der Waals surface area (Å²) in [6.07, 6.45) is 3.67. The summed E-state index contributed by atoms with van der Waals surface area (Å²) in [6, 6.07) is 60.9. The molecular formula is C49H31N5. The van der Waals surface area contributed by atoms with Crippen LogP contribution in [0.15, 0.2) is 188 Å². The van der Waals surface area contributed by atoms with Crippen molar-refractivity contribution in [1.82, 2.24) is 24.9 Å². The molecule has 0 aliphatic carbocycles. The first-order chi connectivity index (χ1) is 26.8. The molecular weight excluding hydrogens is 659 g/mol. The van der Waals surface area contributed by atoms with Crippen LogP contribution < -0.4 is 0 Å². The smallest absolute Gasteiger partial charge is 0.164 e. The van der Waals surface area contributed by atoms with E-state index in [1.54, 1.807) is 0 Å². The minimum atomic E-state index is 0.600. The number of benzene rings is 7. The third-order valence-electron chi connectivity index (χ3n) is 9.97. The fourth-order valence-electron chi connectivity index (χ4n) is 7.43. The van der Waals surface area contributed by atoms with E-state index in [-0.39, 0.29) is 0 Å². The molecule has 0 unspecified atom stereocenters. The van der Waals surface area contributed by atoms with E-state index in [4.69, 9.17) is 19.9 Å². The highest BCUT2D eigenvalue weighted by atomic mass is 15.0. The molecule has 0 bridgehead atoms. The van der Waals surface area contributed by atoms with Crippen LogP contribution in [0.3, 0.4) is 0 Å². The lowest BCUT2D eigenvalue weighted by molar-refractivity contribution is 1.07. The molecule has 5 heteroatoms. The molecule has 54 heavy (non-hydrogen) atoms. The van der Waals surface area contributed by atoms with Crippen molar-refractivity contribution in [3.05, 3.63) is 188 Å². The van der Waals surface area contributed by atoms with Crippen molar-refractivity contribution in [2.24, 2.45) is 0 Å².